The van der Waals surface area contributed by atoms with Crippen molar-refractivity contribution >= 4 is 5.78 Å². The number of aliphatic hydroxyl groups excluding tert-OH is 1. The maximum atomic E-state index is 11.2. The number of carbonyl (C=O) groups is 1. The molecule has 0 fully saturated rings. The van der Waals surface area contributed by atoms with Crippen LogP contribution < -0.4 is 0 Å². The molecule has 0 saturated heterocycles. The smallest absolute Gasteiger partial charge is 0.157 e. The molecule has 0 radical (unpaired) electrons. The Morgan fingerprint density at radius 2 is 1.85 bits per heavy atom. The van der Waals surface area contributed by atoms with E-state index in [0.717, 1.165) is 0 Å². The van der Waals surface area contributed by atoms with Gasteiger partial charge in [0, 0.05) is 6.42 Å². The molecule has 0 aliphatic carbocycles. The molecule has 0 bridgehead atoms. The molecular formula is C11H20O2. The van der Waals surface area contributed by atoms with E-state index < -0.39 is 6.10 Å². The molecular weight excluding hydrogens is 164 g/mol. The van der Waals surface area contributed by atoms with E-state index in [1.807, 2.05) is 33.8 Å². The summed E-state index contributed by atoms with van der Waals surface area (Å²) in [6.45, 7) is 7.85. The molecule has 0 heterocycles. The highest BCUT2D eigenvalue weighted by Crippen LogP contribution is 2.06. The number of ketones is 1. The fourth-order valence-corrected chi connectivity index (χ4v) is 0.810. The minimum Gasteiger partial charge on any atom is -0.392 e. The lowest BCUT2D eigenvalue weighted by molar-refractivity contribution is -0.117. The summed E-state index contributed by atoms with van der Waals surface area (Å²) in [7, 11) is 0. The van der Waals surface area contributed by atoms with Crippen LogP contribution in [-0.2, 0) is 4.79 Å². The summed E-state index contributed by atoms with van der Waals surface area (Å²) in [5, 5.41) is 9.41. The molecule has 0 aliphatic rings. The maximum Gasteiger partial charge on any atom is 0.157 e. The number of hydrogen-bond acceptors (Lipinski definition) is 2. The maximum absolute atomic E-state index is 11.2. The van der Waals surface area contributed by atoms with Gasteiger partial charge in [0.1, 0.15) is 0 Å². The van der Waals surface area contributed by atoms with Crippen LogP contribution in [0.2, 0.25) is 0 Å². The summed E-state index contributed by atoms with van der Waals surface area (Å²) < 4.78 is 0. The van der Waals surface area contributed by atoms with Gasteiger partial charge in [-0.25, -0.2) is 0 Å². The number of rotatable bonds is 5. The Bertz CT molecular complexity index is 181. The van der Waals surface area contributed by atoms with Crippen molar-refractivity contribution in [2.45, 2.75) is 40.2 Å². The Morgan fingerprint density at radius 1 is 1.31 bits per heavy atom. The zero-order valence-corrected chi connectivity index (χ0v) is 8.95. The average Bonchev–Trinajstić information content (AvgIpc) is 2.00. The fraction of sp³-hybridized carbons (Fsp3) is 0.727. The quantitative estimate of drug-likeness (QED) is 0.665. The number of hydrogen-bond donors (Lipinski definition) is 1. The summed E-state index contributed by atoms with van der Waals surface area (Å²) in [5.41, 5.74) is 0. The molecule has 13 heavy (non-hydrogen) atoms. The summed E-state index contributed by atoms with van der Waals surface area (Å²) in [6, 6.07) is 0. The Labute approximate surface area is 80.7 Å². The Morgan fingerprint density at radius 3 is 2.23 bits per heavy atom. The molecule has 0 saturated carbocycles. The van der Waals surface area contributed by atoms with Crippen LogP contribution in [0, 0.1) is 11.8 Å². The zero-order chi connectivity index (χ0) is 10.4. The minimum absolute atomic E-state index is 0.00917. The van der Waals surface area contributed by atoms with Gasteiger partial charge in [0.05, 0.1) is 6.10 Å². The van der Waals surface area contributed by atoms with Gasteiger partial charge >= 0.3 is 0 Å². The highest BCUT2D eigenvalue weighted by atomic mass is 16.3. The van der Waals surface area contributed by atoms with Crippen LogP contribution in [0.5, 0.6) is 0 Å². The molecule has 1 N–H and O–H groups in total. The van der Waals surface area contributed by atoms with E-state index in [9.17, 15) is 9.90 Å². The topological polar surface area (TPSA) is 37.3 Å². The monoisotopic (exact) mass is 184 g/mol. The Kier molecular flexibility index (Phi) is 5.63. The lowest BCUT2D eigenvalue weighted by Gasteiger charge is -2.11. The molecule has 1 atom stereocenters. The van der Waals surface area contributed by atoms with E-state index in [4.69, 9.17) is 0 Å². The van der Waals surface area contributed by atoms with E-state index in [-0.39, 0.29) is 18.1 Å². The van der Waals surface area contributed by atoms with Gasteiger partial charge in [-0.3, -0.25) is 4.79 Å². The molecule has 0 rings (SSSR count). The van der Waals surface area contributed by atoms with Crippen molar-refractivity contribution in [1.82, 2.24) is 0 Å². The average molecular weight is 184 g/mol. The molecule has 76 valence electrons. The molecule has 0 aromatic carbocycles. The second-order valence-electron chi connectivity index (χ2n) is 4.08. The first-order valence-corrected chi connectivity index (χ1v) is 4.82. The highest BCUT2D eigenvalue weighted by Gasteiger charge is 2.11. The van der Waals surface area contributed by atoms with E-state index >= 15 is 0 Å². The Balaban J connectivity index is 3.88. The van der Waals surface area contributed by atoms with Gasteiger partial charge in [0.25, 0.3) is 0 Å². The first-order chi connectivity index (χ1) is 5.93. The number of aliphatic hydroxyl groups is 1. The van der Waals surface area contributed by atoms with Crippen LogP contribution >= 0.6 is 0 Å². The summed E-state index contributed by atoms with van der Waals surface area (Å²) >= 11 is 0. The first kappa shape index (κ1) is 12.4. The lowest BCUT2D eigenvalue weighted by Crippen LogP contribution is -2.18. The van der Waals surface area contributed by atoms with Crippen molar-refractivity contribution < 1.29 is 9.90 Å². The summed E-state index contributed by atoms with van der Waals surface area (Å²) in [5.74, 6) is 0.548. The predicted molar refractivity (Wildman–Crippen MR) is 54.4 cm³/mol. The third kappa shape index (κ3) is 6.52. The number of allylic oxidation sites excluding steroid dienone is 2. The SMILES string of the molecule is CC(C)/C=C/C(=O)CC(O)C(C)C. The normalized spacial score (nSPS) is 14.4. The van der Waals surface area contributed by atoms with Gasteiger partial charge in [0.2, 0.25) is 0 Å². The van der Waals surface area contributed by atoms with Crippen LogP contribution in [-0.4, -0.2) is 17.0 Å². The third-order valence-corrected chi connectivity index (χ3v) is 1.85. The van der Waals surface area contributed by atoms with Crippen molar-refractivity contribution in [2.75, 3.05) is 0 Å². The van der Waals surface area contributed by atoms with Crippen LogP contribution in [0.3, 0.4) is 0 Å². The molecule has 0 aromatic heterocycles. The second kappa shape index (κ2) is 5.92. The van der Waals surface area contributed by atoms with Gasteiger partial charge < -0.3 is 5.11 Å². The molecule has 0 amide bonds. The van der Waals surface area contributed by atoms with Gasteiger partial charge in [-0.15, -0.1) is 0 Å². The zero-order valence-electron chi connectivity index (χ0n) is 8.95. The van der Waals surface area contributed by atoms with E-state index in [2.05, 4.69) is 0 Å². The largest absolute Gasteiger partial charge is 0.392 e. The van der Waals surface area contributed by atoms with Crippen molar-refractivity contribution in [2.24, 2.45) is 11.8 Å². The van der Waals surface area contributed by atoms with E-state index in [1.165, 1.54) is 0 Å². The fourth-order valence-electron chi connectivity index (χ4n) is 0.810. The van der Waals surface area contributed by atoms with Crippen molar-refractivity contribution in [3.05, 3.63) is 12.2 Å². The van der Waals surface area contributed by atoms with Crippen LogP contribution in [0.4, 0.5) is 0 Å². The number of carbonyl (C=O) groups excluding carboxylic acids is 1. The Hall–Kier alpha value is -0.630. The van der Waals surface area contributed by atoms with Crippen LogP contribution in [0.15, 0.2) is 12.2 Å². The molecule has 0 aromatic rings. The molecule has 2 nitrogen and oxygen atoms in total. The second-order valence-corrected chi connectivity index (χ2v) is 4.08. The molecule has 1 unspecified atom stereocenters. The van der Waals surface area contributed by atoms with Gasteiger partial charge in [-0.1, -0.05) is 33.8 Å². The van der Waals surface area contributed by atoms with Crippen molar-refractivity contribution in [3.8, 4) is 0 Å². The minimum atomic E-state index is -0.510. The van der Waals surface area contributed by atoms with Crippen LogP contribution in [0.25, 0.3) is 0 Å². The summed E-state index contributed by atoms with van der Waals surface area (Å²) in [4.78, 5) is 11.2. The first-order valence-electron chi connectivity index (χ1n) is 4.82. The third-order valence-electron chi connectivity index (χ3n) is 1.85. The highest BCUT2D eigenvalue weighted by molar-refractivity contribution is 5.89. The lowest BCUT2D eigenvalue weighted by atomic mass is 10.0. The van der Waals surface area contributed by atoms with Crippen molar-refractivity contribution in [3.63, 3.8) is 0 Å². The standard InChI is InChI=1S/C11H20O2/c1-8(2)5-6-10(12)7-11(13)9(3)4/h5-6,8-9,11,13H,7H2,1-4H3/b6-5+. The van der Waals surface area contributed by atoms with Gasteiger partial charge in [-0.2, -0.15) is 0 Å². The predicted octanol–water partition coefficient (Wildman–Crippen LogP) is 2.17. The van der Waals surface area contributed by atoms with Gasteiger partial charge in [-0.05, 0) is 17.9 Å². The molecule has 0 spiro atoms. The van der Waals surface area contributed by atoms with Gasteiger partial charge in [0.15, 0.2) is 5.78 Å². The van der Waals surface area contributed by atoms with Crippen LogP contribution in [0.1, 0.15) is 34.1 Å². The van der Waals surface area contributed by atoms with E-state index in [1.54, 1.807) is 6.08 Å². The van der Waals surface area contributed by atoms with E-state index in [0.29, 0.717) is 5.92 Å². The molecule has 2 heteroatoms. The summed E-state index contributed by atoms with van der Waals surface area (Å²) in [6.07, 6.45) is 3.15. The van der Waals surface area contributed by atoms with Crippen molar-refractivity contribution in [1.29, 1.82) is 0 Å². The molecule has 0 aliphatic heterocycles.